The van der Waals surface area contributed by atoms with E-state index in [-0.39, 0.29) is 5.11 Å². The summed E-state index contributed by atoms with van der Waals surface area (Å²) < 4.78 is 5.79. The van der Waals surface area contributed by atoms with Gasteiger partial charge in [-0.05, 0) is 23.8 Å². The van der Waals surface area contributed by atoms with Crippen molar-refractivity contribution in [2.24, 2.45) is 10.8 Å². The maximum absolute atomic E-state index is 5.79. The second kappa shape index (κ2) is 7.94. The first kappa shape index (κ1) is 16.5. The average molecular weight is 343 g/mol. The quantitative estimate of drug-likeness (QED) is 0.490. The molecular formula is C17H21N5OS. The number of nitrogens with one attached hydrogen (secondary N) is 1. The van der Waals surface area contributed by atoms with Gasteiger partial charge >= 0.3 is 0 Å². The van der Waals surface area contributed by atoms with Crippen LogP contribution in [-0.2, 0) is 6.54 Å². The van der Waals surface area contributed by atoms with Crippen LogP contribution in [0.25, 0.3) is 0 Å². The van der Waals surface area contributed by atoms with Gasteiger partial charge in [0.05, 0.1) is 6.21 Å². The van der Waals surface area contributed by atoms with Gasteiger partial charge in [-0.25, -0.2) is 0 Å². The highest BCUT2D eigenvalue weighted by Gasteiger charge is 2.19. The molecular weight excluding hydrogens is 322 g/mol. The van der Waals surface area contributed by atoms with Crippen molar-refractivity contribution in [1.29, 1.82) is 0 Å². The number of piperazine rings is 1. The van der Waals surface area contributed by atoms with Crippen LogP contribution in [0.1, 0.15) is 11.3 Å². The minimum absolute atomic E-state index is 0.132. The van der Waals surface area contributed by atoms with Crippen LogP contribution in [0.3, 0.4) is 0 Å². The Morgan fingerprint density at radius 1 is 1.17 bits per heavy atom. The van der Waals surface area contributed by atoms with Crippen LogP contribution in [-0.4, -0.2) is 42.4 Å². The molecule has 1 aliphatic heterocycles. The average Bonchev–Trinajstić information content (AvgIpc) is 3.05. The lowest BCUT2D eigenvalue weighted by Crippen LogP contribution is -2.45. The summed E-state index contributed by atoms with van der Waals surface area (Å²) in [6.07, 6.45) is 1.56. The monoisotopic (exact) mass is 343 g/mol. The number of hydrogen-bond acceptors (Lipinski definition) is 5. The van der Waals surface area contributed by atoms with Crippen molar-refractivity contribution in [2.45, 2.75) is 6.54 Å². The van der Waals surface area contributed by atoms with Gasteiger partial charge in [0.1, 0.15) is 5.76 Å². The summed E-state index contributed by atoms with van der Waals surface area (Å²) in [7, 11) is 0. The van der Waals surface area contributed by atoms with Gasteiger partial charge in [0, 0.05) is 38.8 Å². The van der Waals surface area contributed by atoms with E-state index in [0.717, 1.165) is 38.6 Å². The van der Waals surface area contributed by atoms with E-state index in [1.807, 2.05) is 12.1 Å². The summed E-state index contributed by atoms with van der Waals surface area (Å²) in [5, 5.41) is 4.03. The molecule has 0 radical (unpaired) electrons. The summed E-state index contributed by atoms with van der Waals surface area (Å²) in [5.74, 6) is 1.53. The lowest BCUT2D eigenvalue weighted by molar-refractivity contribution is 0.246. The Kier molecular flexibility index (Phi) is 5.45. The van der Waals surface area contributed by atoms with Crippen molar-refractivity contribution in [2.75, 3.05) is 31.1 Å². The molecule has 0 amide bonds. The minimum atomic E-state index is 0.132. The van der Waals surface area contributed by atoms with Crippen LogP contribution in [0.2, 0.25) is 0 Å². The van der Waals surface area contributed by atoms with Gasteiger partial charge in [-0.2, -0.15) is 5.10 Å². The Morgan fingerprint density at radius 3 is 2.62 bits per heavy atom. The molecule has 1 saturated heterocycles. The number of anilines is 1. The molecule has 0 aliphatic carbocycles. The molecule has 1 aromatic heterocycles. The van der Waals surface area contributed by atoms with Crippen molar-refractivity contribution in [3.05, 3.63) is 53.8 Å². The molecule has 0 atom stereocenters. The first-order valence-electron chi connectivity index (χ1n) is 7.90. The van der Waals surface area contributed by atoms with Crippen LogP contribution >= 0.6 is 12.2 Å². The third-order valence-electron chi connectivity index (χ3n) is 3.91. The molecule has 1 fully saturated rings. The number of nitrogens with two attached hydrogens (primary N) is 1. The predicted molar refractivity (Wildman–Crippen MR) is 100 cm³/mol. The number of furan rings is 1. The molecule has 126 valence electrons. The zero-order valence-corrected chi connectivity index (χ0v) is 14.2. The van der Waals surface area contributed by atoms with E-state index in [9.17, 15) is 0 Å². The Labute approximate surface area is 146 Å². The zero-order valence-electron chi connectivity index (χ0n) is 13.4. The molecule has 6 nitrogen and oxygen atoms in total. The molecule has 24 heavy (non-hydrogen) atoms. The van der Waals surface area contributed by atoms with Gasteiger partial charge in [-0.1, -0.05) is 30.3 Å². The van der Waals surface area contributed by atoms with E-state index in [4.69, 9.17) is 10.2 Å². The highest BCUT2D eigenvalue weighted by atomic mass is 32.1. The van der Waals surface area contributed by atoms with E-state index >= 15 is 0 Å². The van der Waals surface area contributed by atoms with Gasteiger partial charge in [-0.15, -0.1) is 0 Å². The van der Waals surface area contributed by atoms with Gasteiger partial charge in [-0.3, -0.25) is 10.3 Å². The SMILES string of the molecule is NC(=S)N/N=C/c1ccc(N2CCN(Cc3ccccc3)CC2)o1. The summed E-state index contributed by atoms with van der Waals surface area (Å²) >= 11 is 4.69. The van der Waals surface area contributed by atoms with Gasteiger partial charge in [0.15, 0.2) is 11.0 Å². The fourth-order valence-electron chi connectivity index (χ4n) is 2.71. The maximum Gasteiger partial charge on any atom is 0.196 e. The van der Waals surface area contributed by atoms with E-state index in [1.54, 1.807) is 6.21 Å². The number of hydrazone groups is 1. The second-order valence-corrected chi connectivity index (χ2v) is 6.10. The molecule has 0 bridgehead atoms. The first-order valence-corrected chi connectivity index (χ1v) is 8.31. The third kappa shape index (κ3) is 4.56. The van der Waals surface area contributed by atoms with E-state index in [1.165, 1.54) is 5.56 Å². The lowest BCUT2D eigenvalue weighted by Gasteiger charge is -2.34. The van der Waals surface area contributed by atoms with E-state index in [0.29, 0.717) is 5.76 Å². The number of thiocarbonyl (C=S) groups is 1. The molecule has 1 aromatic carbocycles. The lowest BCUT2D eigenvalue weighted by atomic mass is 10.2. The molecule has 7 heteroatoms. The molecule has 0 spiro atoms. The summed E-state index contributed by atoms with van der Waals surface area (Å²) in [6.45, 7) is 4.92. The molecule has 0 saturated carbocycles. The summed E-state index contributed by atoms with van der Waals surface area (Å²) in [6, 6.07) is 14.4. The van der Waals surface area contributed by atoms with Crippen LogP contribution in [0.4, 0.5) is 5.88 Å². The van der Waals surface area contributed by atoms with Crippen molar-refractivity contribution < 1.29 is 4.42 Å². The molecule has 3 rings (SSSR count). The highest BCUT2D eigenvalue weighted by Crippen LogP contribution is 2.20. The molecule has 1 aliphatic rings. The van der Waals surface area contributed by atoms with Crippen LogP contribution in [0, 0.1) is 0 Å². The predicted octanol–water partition coefficient (Wildman–Crippen LogP) is 1.77. The van der Waals surface area contributed by atoms with Crippen molar-refractivity contribution in [3.63, 3.8) is 0 Å². The number of benzene rings is 1. The molecule has 3 N–H and O–H groups in total. The number of rotatable bonds is 5. The topological polar surface area (TPSA) is 70.0 Å². The second-order valence-electron chi connectivity index (χ2n) is 5.66. The van der Waals surface area contributed by atoms with E-state index in [2.05, 4.69) is 62.9 Å². The number of nitrogens with zero attached hydrogens (tertiary/aromatic N) is 3. The molecule has 0 unspecified atom stereocenters. The fraction of sp³-hybridized carbons (Fsp3) is 0.294. The van der Waals surface area contributed by atoms with Crippen LogP contribution in [0.15, 0.2) is 52.0 Å². The molecule has 2 aromatic rings. The number of hydrogen-bond donors (Lipinski definition) is 2. The van der Waals surface area contributed by atoms with E-state index < -0.39 is 0 Å². The molecule has 2 heterocycles. The Morgan fingerprint density at radius 2 is 1.92 bits per heavy atom. The maximum atomic E-state index is 5.79. The Hall–Kier alpha value is -2.38. The largest absolute Gasteiger partial charge is 0.440 e. The van der Waals surface area contributed by atoms with Crippen molar-refractivity contribution in [1.82, 2.24) is 10.3 Å². The van der Waals surface area contributed by atoms with Gasteiger partial charge < -0.3 is 15.1 Å². The summed E-state index contributed by atoms with van der Waals surface area (Å²) in [4.78, 5) is 4.71. The van der Waals surface area contributed by atoms with Crippen molar-refractivity contribution >= 4 is 29.4 Å². The summed E-state index contributed by atoms with van der Waals surface area (Å²) in [5.41, 5.74) is 9.17. The van der Waals surface area contributed by atoms with Crippen LogP contribution < -0.4 is 16.1 Å². The van der Waals surface area contributed by atoms with Gasteiger partial charge in [0.2, 0.25) is 0 Å². The minimum Gasteiger partial charge on any atom is -0.440 e. The normalized spacial score (nSPS) is 15.8. The smallest absolute Gasteiger partial charge is 0.196 e. The highest BCUT2D eigenvalue weighted by molar-refractivity contribution is 7.80. The van der Waals surface area contributed by atoms with Crippen LogP contribution in [0.5, 0.6) is 0 Å². The Balaban J connectivity index is 1.50. The third-order valence-corrected chi connectivity index (χ3v) is 4.00. The van der Waals surface area contributed by atoms with Gasteiger partial charge in [0.25, 0.3) is 0 Å². The standard InChI is InChI=1S/C17H21N5OS/c18-17(24)20-19-12-15-6-7-16(23-15)22-10-8-21(9-11-22)13-14-4-2-1-3-5-14/h1-7,12H,8-11,13H2,(H3,18,20,24)/b19-12+. The van der Waals surface area contributed by atoms with Crippen molar-refractivity contribution in [3.8, 4) is 0 Å². The first-order chi connectivity index (χ1) is 11.7. The zero-order chi connectivity index (χ0) is 16.8. The fourth-order valence-corrected chi connectivity index (χ4v) is 2.76. The Bertz CT molecular complexity index is 692.